The van der Waals surface area contributed by atoms with E-state index >= 15 is 0 Å². The molecule has 3 nitrogen and oxygen atoms in total. The van der Waals surface area contributed by atoms with E-state index in [2.05, 4.69) is 30.9 Å². The van der Waals surface area contributed by atoms with Gasteiger partial charge in [0.2, 0.25) is 5.91 Å². The molecule has 0 heterocycles. The number of amides is 1. The molecule has 0 radical (unpaired) electrons. The summed E-state index contributed by atoms with van der Waals surface area (Å²) >= 11 is 0. The second-order valence-corrected chi connectivity index (χ2v) is 7.44. The van der Waals surface area contributed by atoms with Crippen molar-refractivity contribution in [3.8, 4) is 0 Å². The molecule has 1 amide bonds. The summed E-state index contributed by atoms with van der Waals surface area (Å²) in [4.78, 5) is 13.6. The van der Waals surface area contributed by atoms with Crippen molar-refractivity contribution in [2.75, 3.05) is 27.2 Å². The van der Waals surface area contributed by atoms with Gasteiger partial charge in [-0.2, -0.15) is 0 Å². The summed E-state index contributed by atoms with van der Waals surface area (Å²) in [7, 11) is 4.31. The predicted octanol–water partition coefficient (Wildman–Crippen LogP) is 5.31. The third-order valence-electron chi connectivity index (χ3n) is 4.46. The van der Waals surface area contributed by atoms with Crippen LogP contribution in [-0.2, 0) is 4.79 Å². The predicted molar refractivity (Wildman–Crippen MR) is 106 cm³/mol. The van der Waals surface area contributed by atoms with Crippen LogP contribution in [0.25, 0.3) is 0 Å². The van der Waals surface area contributed by atoms with Gasteiger partial charge in [0.1, 0.15) is 0 Å². The van der Waals surface area contributed by atoms with Crippen LogP contribution in [-0.4, -0.2) is 38.0 Å². The monoisotopic (exact) mass is 338 g/mol. The summed E-state index contributed by atoms with van der Waals surface area (Å²) < 4.78 is 0. The van der Waals surface area contributed by atoms with E-state index < -0.39 is 0 Å². The first-order valence-corrected chi connectivity index (χ1v) is 10.1. The van der Waals surface area contributed by atoms with E-state index in [1.54, 1.807) is 6.92 Å². The molecular weight excluding hydrogens is 296 g/mol. The molecule has 0 aliphatic carbocycles. The number of hydrogen-bond donors (Lipinski definition) is 1. The average molecular weight is 339 g/mol. The zero-order chi connectivity index (χ0) is 18.0. The lowest BCUT2D eigenvalue weighted by molar-refractivity contribution is -0.117. The van der Waals surface area contributed by atoms with Crippen molar-refractivity contribution < 1.29 is 4.79 Å². The van der Waals surface area contributed by atoms with Crippen LogP contribution in [0.3, 0.4) is 0 Å². The molecule has 3 heteroatoms. The molecule has 142 valence electrons. The van der Waals surface area contributed by atoms with Crippen LogP contribution >= 0.6 is 0 Å². The zero-order valence-corrected chi connectivity index (χ0v) is 16.7. The van der Waals surface area contributed by atoms with E-state index in [9.17, 15) is 4.79 Å². The van der Waals surface area contributed by atoms with E-state index in [0.29, 0.717) is 5.57 Å². The van der Waals surface area contributed by atoms with Gasteiger partial charge in [0.15, 0.2) is 0 Å². The second kappa shape index (κ2) is 17.0. The third-order valence-corrected chi connectivity index (χ3v) is 4.46. The molecule has 0 atom stereocenters. The van der Waals surface area contributed by atoms with Crippen LogP contribution in [0.15, 0.2) is 12.2 Å². The Morgan fingerprint density at radius 2 is 1.12 bits per heavy atom. The largest absolute Gasteiger partial charge is 0.352 e. The number of carbonyl (C=O) groups excluding carboxylic acids is 1. The highest BCUT2D eigenvalue weighted by Crippen LogP contribution is 2.12. The van der Waals surface area contributed by atoms with E-state index in [0.717, 1.165) is 13.0 Å². The molecule has 0 spiro atoms. The number of nitrogens with zero attached hydrogens (tertiary/aromatic N) is 1. The first-order chi connectivity index (χ1) is 11.5. The summed E-state index contributed by atoms with van der Waals surface area (Å²) in [6, 6.07) is 0. The number of carbonyl (C=O) groups is 1. The normalized spacial score (nSPS) is 11.0. The van der Waals surface area contributed by atoms with Crippen molar-refractivity contribution in [3.05, 3.63) is 12.2 Å². The van der Waals surface area contributed by atoms with Crippen LogP contribution in [0.4, 0.5) is 0 Å². The topological polar surface area (TPSA) is 32.3 Å². The molecule has 0 aromatic carbocycles. The minimum absolute atomic E-state index is 0.00676. The molecule has 0 aliphatic rings. The summed E-state index contributed by atoms with van der Waals surface area (Å²) in [6.45, 7) is 7.41. The Hall–Kier alpha value is -0.830. The molecular formula is C21H42N2O. The molecule has 0 rings (SSSR count). The molecule has 1 N–H and O–H groups in total. The third kappa shape index (κ3) is 17.5. The fourth-order valence-corrected chi connectivity index (χ4v) is 2.85. The van der Waals surface area contributed by atoms with Gasteiger partial charge in [-0.15, -0.1) is 0 Å². The molecule has 0 aromatic rings. The Bertz CT molecular complexity index is 313. The van der Waals surface area contributed by atoms with Crippen LogP contribution in [0.1, 0.15) is 90.4 Å². The van der Waals surface area contributed by atoms with E-state index in [1.165, 1.54) is 83.6 Å². The first-order valence-electron chi connectivity index (χ1n) is 10.1. The maximum atomic E-state index is 11.3. The minimum Gasteiger partial charge on any atom is -0.352 e. The smallest absolute Gasteiger partial charge is 0.246 e. The molecule has 0 saturated heterocycles. The molecule has 0 aromatic heterocycles. The molecule has 0 saturated carbocycles. The van der Waals surface area contributed by atoms with Crippen LogP contribution < -0.4 is 5.32 Å². The van der Waals surface area contributed by atoms with Crippen molar-refractivity contribution in [2.24, 2.45) is 0 Å². The maximum absolute atomic E-state index is 11.3. The van der Waals surface area contributed by atoms with E-state index in [4.69, 9.17) is 0 Å². The Morgan fingerprint density at radius 3 is 1.50 bits per heavy atom. The van der Waals surface area contributed by atoms with Gasteiger partial charge in [-0.3, -0.25) is 4.79 Å². The fourth-order valence-electron chi connectivity index (χ4n) is 2.85. The van der Waals surface area contributed by atoms with Crippen molar-refractivity contribution in [3.63, 3.8) is 0 Å². The van der Waals surface area contributed by atoms with Gasteiger partial charge < -0.3 is 10.2 Å². The minimum atomic E-state index is -0.00676. The van der Waals surface area contributed by atoms with Crippen LogP contribution in [0.2, 0.25) is 0 Å². The maximum Gasteiger partial charge on any atom is 0.246 e. The van der Waals surface area contributed by atoms with Gasteiger partial charge in [-0.25, -0.2) is 0 Å². The second-order valence-electron chi connectivity index (χ2n) is 7.44. The lowest BCUT2D eigenvalue weighted by Crippen LogP contribution is -2.24. The Kier molecular flexibility index (Phi) is 16.4. The first kappa shape index (κ1) is 23.2. The SMILES string of the molecule is C=C(C)C(=O)NCCCCCCCCCCCCCCCN(C)C. The van der Waals surface area contributed by atoms with Crippen molar-refractivity contribution in [1.82, 2.24) is 10.2 Å². The standard InChI is InChI=1S/C21H42N2O/c1-20(2)21(24)22-18-16-14-12-10-8-6-5-7-9-11-13-15-17-19-23(3)4/h1,5-19H2,2-4H3,(H,22,24). The summed E-state index contributed by atoms with van der Waals surface area (Å²) in [5.74, 6) is -0.00676. The van der Waals surface area contributed by atoms with Crippen LogP contribution in [0, 0.1) is 0 Å². The zero-order valence-electron chi connectivity index (χ0n) is 16.7. The Morgan fingerprint density at radius 1 is 0.750 bits per heavy atom. The number of nitrogens with one attached hydrogen (secondary N) is 1. The summed E-state index contributed by atoms with van der Waals surface area (Å²) in [6.07, 6.45) is 17.6. The van der Waals surface area contributed by atoms with E-state index in [-0.39, 0.29) is 5.91 Å². The lowest BCUT2D eigenvalue weighted by atomic mass is 10.0. The summed E-state index contributed by atoms with van der Waals surface area (Å²) in [5.41, 5.74) is 0.601. The van der Waals surface area contributed by atoms with Crippen molar-refractivity contribution in [1.29, 1.82) is 0 Å². The van der Waals surface area contributed by atoms with Gasteiger partial charge in [0, 0.05) is 12.1 Å². The van der Waals surface area contributed by atoms with Gasteiger partial charge in [-0.05, 0) is 40.4 Å². The van der Waals surface area contributed by atoms with Gasteiger partial charge in [0.25, 0.3) is 0 Å². The van der Waals surface area contributed by atoms with Crippen molar-refractivity contribution >= 4 is 5.91 Å². The number of hydrogen-bond acceptors (Lipinski definition) is 2. The lowest BCUT2D eigenvalue weighted by Gasteiger charge is -2.08. The fraction of sp³-hybridized carbons (Fsp3) is 0.857. The van der Waals surface area contributed by atoms with Gasteiger partial charge in [0.05, 0.1) is 0 Å². The highest BCUT2D eigenvalue weighted by atomic mass is 16.1. The van der Waals surface area contributed by atoms with E-state index in [1.807, 2.05) is 0 Å². The van der Waals surface area contributed by atoms with Crippen molar-refractivity contribution in [2.45, 2.75) is 90.4 Å². The molecule has 0 fully saturated rings. The number of unbranched alkanes of at least 4 members (excludes halogenated alkanes) is 12. The highest BCUT2D eigenvalue weighted by Gasteiger charge is 1.99. The highest BCUT2D eigenvalue weighted by molar-refractivity contribution is 5.91. The van der Waals surface area contributed by atoms with Gasteiger partial charge in [-0.1, -0.05) is 77.2 Å². The Labute approximate surface area is 151 Å². The van der Waals surface area contributed by atoms with Gasteiger partial charge >= 0.3 is 0 Å². The average Bonchev–Trinajstić information content (AvgIpc) is 2.53. The Balaban J connectivity index is 3.08. The van der Waals surface area contributed by atoms with Crippen LogP contribution in [0.5, 0.6) is 0 Å². The molecule has 0 aliphatic heterocycles. The number of rotatable bonds is 17. The summed E-state index contributed by atoms with van der Waals surface area (Å²) in [5, 5.41) is 2.89. The molecule has 0 bridgehead atoms. The molecule has 24 heavy (non-hydrogen) atoms. The quantitative estimate of drug-likeness (QED) is 0.288. The molecule has 0 unspecified atom stereocenters.